The van der Waals surface area contributed by atoms with Gasteiger partial charge in [-0.15, -0.1) is 0 Å². The summed E-state index contributed by atoms with van der Waals surface area (Å²) in [6.45, 7) is 8.43. The number of carbonyl (C=O) groups is 2. The van der Waals surface area contributed by atoms with Crippen molar-refractivity contribution in [2.75, 3.05) is 18.4 Å². The van der Waals surface area contributed by atoms with Crippen LogP contribution in [0.1, 0.15) is 40.4 Å². The first-order valence-corrected chi connectivity index (χ1v) is 8.64. The lowest BCUT2D eigenvalue weighted by Gasteiger charge is -2.23. The van der Waals surface area contributed by atoms with E-state index in [9.17, 15) is 9.59 Å². The Labute approximate surface area is 149 Å². The molecule has 4 heteroatoms. The average molecular weight is 338 g/mol. The quantitative estimate of drug-likeness (QED) is 0.862. The van der Waals surface area contributed by atoms with E-state index < -0.39 is 0 Å². The number of nitrogens with one attached hydrogen (secondary N) is 1. The van der Waals surface area contributed by atoms with Gasteiger partial charge < -0.3 is 10.2 Å². The molecule has 0 radical (unpaired) electrons. The molecule has 2 rings (SSSR count). The van der Waals surface area contributed by atoms with E-state index in [1.165, 1.54) is 0 Å². The van der Waals surface area contributed by atoms with Crippen LogP contribution in [0.25, 0.3) is 0 Å². The van der Waals surface area contributed by atoms with E-state index in [0.29, 0.717) is 12.1 Å². The number of para-hydroxylation sites is 1. The number of hydrogen-bond acceptors (Lipinski definition) is 2. The van der Waals surface area contributed by atoms with Gasteiger partial charge in [-0.25, -0.2) is 0 Å². The maximum absolute atomic E-state index is 12.9. The van der Waals surface area contributed by atoms with Crippen LogP contribution in [0.4, 0.5) is 5.69 Å². The number of aryl methyl sites for hydroxylation is 3. The number of rotatable bonds is 6. The predicted octanol–water partition coefficient (Wildman–Crippen LogP) is 4.10. The molecule has 2 aromatic carbocycles. The number of nitrogens with zero attached hydrogens (tertiary/aromatic N) is 1. The Kier molecular flexibility index (Phi) is 6.34. The molecule has 2 amide bonds. The highest BCUT2D eigenvalue weighted by atomic mass is 16.2. The van der Waals surface area contributed by atoms with Gasteiger partial charge in [-0.2, -0.15) is 0 Å². The third-order valence-electron chi connectivity index (χ3n) is 4.16. The molecule has 0 aliphatic carbocycles. The van der Waals surface area contributed by atoms with Gasteiger partial charge >= 0.3 is 0 Å². The van der Waals surface area contributed by atoms with Gasteiger partial charge in [0.15, 0.2) is 0 Å². The lowest BCUT2D eigenvalue weighted by molar-refractivity contribution is -0.116. The second-order valence-electron chi connectivity index (χ2n) is 6.41. The van der Waals surface area contributed by atoms with Crippen LogP contribution in [0.15, 0.2) is 42.5 Å². The van der Waals surface area contributed by atoms with Gasteiger partial charge in [0.05, 0.1) is 0 Å². The van der Waals surface area contributed by atoms with E-state index in [2.05, 4.69) is 5.32 Å². The third kappa shape index (κ3) is 4.92. The fourth-order valence-corrected chi connectivity index (χ4v) is 2.74. The molecule has 0 aliphatic heterocycles. The van der Waals surface area contributed by atoms with Gasteiger partial charge in [0.25, 0.3) is 5.91 Å². The van der Waals surface area contributed by atoms with Crippen molar-refractivity contribution in [3.63, 3.8) is 0 Å². The van der Waals surface area contributed by atoms with Gasteiger partial charge in [0.1, 0.15) is 6.54 Å². The molecular formula is C21H26N2O2. The molecule has 0 saturated carbocycles. The molecule has 2 aromatic rings. The average Bonchev–Trinajstić information content (AvgIpc) is 2.58. The van der Waals surface area contributed by atoms with Crippen molar-refractivity contribution in [1.82, 2.24) is 4.90 Å². The Morgan fingerprint density at radius 2 is 1.72 bits per heavy atom. The van der Waals surface area contributed by atoms with Gasteiger partial charge in [-0.1, -0.05) is 42.8 Å². The molecule has 25 heavy (non-hydrogen) atoms. The van der Waals surface area contributed by atoms with Crippen LogP contribution in [0.2, 0.25) is 0 Å². The van der Waals surface area contributed by atoms with Crippen LogP contribution in [0.5, 0.6) is 0 Å². The van der Waals surface area contributed by atoms with Crippen LogP contribution >= 0.6 is 0 Å². The molecule has 1 N–H and O–H groups in total. The summed E-state index contributed by atoms with van der Waals surface area (Å²) in [7, 11) is 0. The Bertz CT molecular complexity index is 768. The van der Waals surface area contributed by atoms with E-state index in [4.69, 9.17) is 0 Å². The minimum atomic E-state index is -0.179. The minimum Gasteiger partial charge on any atom is -0.329 e. The van der Waals surface area contributed by atoms with Crippen LogP contribution in [0.3, 0.4) is 0 Å². The lowest BCUT2D eigenvalue weighted by Crippen LogP contribution is -2.39. The second-order valence-corrected chi connectivity index (χ2v) is 6.41. The molecule has 0 atom stereocenters. The number of amides is 2. The summed E-state index contributed by atoms with van der Waals surface area (Å²) in [5, 5.41) is 2.90. The van der Waals surface area contributed by atoms with E-state index >= 15 is 0 Å². The van der Waals surface area contributed by atoms with E-state index in [1.54, 1.807) is 4.90 Å². The molecule has 0 heterocycles. The smallest absolute Gasteiger partial charge is 0.254 e. The van der Waals surface area contributed by atoms with Gasteiger partial charge in [-0.3, -0.25) is 9.59 Å². The van der Waals surface area contributed by atoms with Crippen molar-refractivity contribution in [3.05, 3.63) is 64.7 Å². The monoisotopic (exact) mass is 338 g/mol. The molecule has 0 unspecified atom stereocenters. The minimum absolute atomic E-state index is 0.0500. The number of anilines is 1. The standard InChI is InChI=1S/C21H26N2O2/c1-5-12-23(21(25)18-13-15(2)10-11-16(18)3)14-20(24)22-19-9-7-6-8-17(19)4/h6-11,13H,5,12,14H2,1-4H3,(H,22,24). The van der Waals surface area contributed by atoms with Crippen molar-refractivity contribution >= 4 is 17.5 Å². The Hall–Kier alpha value is -2.62. The fourth-order valence-electron chi connectivity index (χ4n) is 2.74. The Balaban J connectivity index is 2.14. The van der Waals surface area contributed by atoms with Crippen molar-refractivity contribution in [3.8, 4) is 0 Å². The highest BCUT2D eigenvalue weighted by Gasteiger charge is 2.20. The molecule has 132 valence electrons. The summed E-state index contributed by atoms with van der Waals surface area (Å²) >= 11 is 0. The normalized spacial score (nSPS) is 10.4. The largest absolute Gasteiger partial charge is 0.329 e. The summed E-state index contributed by atoms with van der Waals surface area (Å²) in [6, 6.07) is 13.4. The first-order valence-electron chi connectivity index (χ1n) is 8.64. The topological polar surface area (TPSA) is 49.4 Å². The molecule has 0 saturated heterocycles. The summed E-state index contributed by atoms with van der Waals surface area (Å²) in [4.78, 5) is 27.0. The van der Waals surface area contributed by atoms with Gasteiger partial charge in [0.2, 0.25) is 5.91 Å². The Morgan fingerprint density at radius 1 is 1.00 bits per heavy atom. The van der Waals surface area contributed by atoms with E-state index in [0.717, 1.165) is 28.8 Å². The molecular weight excluding hydrogens is 312 g/mol. The molecule has 0 bridgehead atoms. The SMILES string of the molecule is CCCN(CC(=O)Nc1ccccc1C)C(=O)c1cc(C)ccc1C. The molecule has 4 nitrogen and oxygen atoms in total. The first kappa shape index (κ1) is 18.7. The van der Waals surface area contributed by atoms with Gasteiger partial charge in [-0.05, 0) is 50.5 Å². The summed E-state index contributed by atoms with van der Waals surface area (Å²) in [6.07, 6.45) is 0.800. The van der Waals surface area contributed by atoms with Crippen molar-refractivity contribution in [2.45, 2.75) is 34.1 Å². The van der Waals surface area contributed by atoms with Crippen LogP contribution in [-0.4, -0.2) is 29.8 Å². The van der Waals surface area contributed by atoms with Crippen molar-refractivity contribution in [1.29, 1.82) is 0 Å². The number of hydrogen-bond donors (Lipinski definition) is 1. The van der Waals surface area contributed by atoms with Gasteiger partial charge in [0, 0.05) is 17.8 Å². The highest BCUT2D eigenvalue weighted by Crippen LogP contribution is 2.15. The maximum atomic E-state index is 12.9. The highest BCUT2D eigenvalue weighted by molar-refractivity contribution is 6.00. The predicted molar refractivity (Wildman–Crippen MR) is 102 cm³/mol. The summed E-state index contributed by atoms with van der Waals surface area (Å²) in [5.41, 5.74) is 4.41. The summed E-state index contributed by atoms with van der Waals surface area (Å²) < 4.78 is 0. The lowest BCUT2D eigenvalue weighted by atomic mass is 10.0. The molecule has 0 aromatic heterocycles. The van der Waals surface area contributed by atoms with Crippen molar-refractivity contribution in [2.24, 2.45) is 0 Å². The molecule has 0 spiro atoms. The van der Waals surface area contributed by atoms with Crippen LogP contribution in [0, 0.1) is 20.8 Å². The second kappa shape index (κ2) is 8.47. The van der Waals surface area contributed by atoms with Crippen LogP contribution < -0.4 is 5.32 Å². The zero-order valence-corrected chi connectivity index (χ0v) is 15.4. The molecule has 0 fully saturated rings. The third-order valence-corrected chi connectivity index (χ3v) is 4.16. The fraction of sp³-hybridized carbons (Fsp3) is 0.333. The molecule has 0 aliphatic rings. The summed E-state index contributed by atoms with van der Waals surface area (Å²) in [5.74, 6) is -0.274. The van der Waals surface area contributed by atoms with Crippen molar-refractivity contribution < 1.29 is 9.59 Å². The number of carbonyl (C=O) groups excluding carboxylic acids is 2. The zero-order valence-electron chi connectivity index (χ0n) is 15.4. The zero-order chi connectivity index (χ0) is 18.4. The Morgan fingerprint density at radius 3 is 2.40 bits per heavy atom. The van der Waals surface area contributed by atoms with E-state index in [-0.39, 0.29) is 18.4 Å². The maximum Gasteiger partial charge on any atom is 0.254 e. The van der Waals surface area contributed by atoms with E-state index in [1.807, 2.05) is 70.2 Å². The first-order chi connectivity index (χ1) is 11.9. The van der Waals surface area contributed by atoms with Crippen LogP contribution in [-0.2, 0) is 4.79 Å². The number of benzene rings is 2.